The van der Waals surface area contributed by atoms with E-state index in [9.17, 15) is 8.42 Å². The van der Waals surface area contributed by atoms with Crippen molar-refractivity contribution in [3.05, 3.63) is 30.6 Å². The molecule has 0 bridgehead atoms. The van der Waals surface area contributed by atoms with Crippen molar-refractivity contribution in [3.63, 3.8) is 0 Å². The van der Waals surface area contributed by atoms with Crippen LogP contribution in [0.3, 0.4) is 0 Å². The summed E-state index contributed by atoms with van der Waals surface area (Å²) in [5.41, 5.74) is 0.701. The molecule has 2 aromatic rings. The summed E-state index contributed by atoms with van der Waals surface area (Å²) in [4.78, 5) is 0.255. The van der Waals surface area contributed by atoms with E-state index in [-0.39, 0.29) is 17.0 Å². The topological polar surface area (TPSA) is 90.2 Å². The third kappa shape index (κ3) is 2.74. The standard InChI is InChI=1S/C13H17N5O3S/c1-10-8-21-11(2)7-18(10)22(19,20)13-5-3-12(4-6-13)17-9-14-15-16-17/h3-6,9-11H,7-8H2,1-2H3. The maximum atomic E-state index is 12.8. The van der Waals surface area contributed by atoms with Gasteiger partial charge in [0.15, 0.2) is 0 Å². The quantitative estimate of drug-likeness (QED) is 0.815. The average Bonchev–Trinajstić information content (AvgIpc) is 3.04. The zero-order chi connectivity index (χ0) is 15.7. The summed E-state index contributed by atoms with van der Waals surface area (Å²) in [6.45, 7) is 4.48. The molecule has 0 radical (unpaired) electrons. The van der Waals surface area contributed by atoms with Crippen LogP contribution in [0.5, 0.6) is 0 Å². The van der Waals surface area contributed by atoms with E-state index in [2.05, 4.69) is 15.5 Å². The zero-order valence-corrected chi connectivity index (χ0v) is 13.1. The fraction of sp³-hybridized carbons (Fsp3) is 0.462. The summed E-state index contributed by atoms with van der Waals surface area (Å²) in [6, 6.07) is 6.31. The van der Waals surface area contributed by atoms with Gasteiger partial charge < -0.3 is 4.74 Å². The predicted octanol–water partition coefficient (Wildman–Crippen LogP) is 0.460. The molecule has 2 heterocycles. The lowest BCUT2D eigenvalue weighted by atomic mass is 10.2. The highest BCUT2D eigenvalue weighted by Crippen LogP contribution is 2.23. The van der Waals surface area contributed by atoms with Gasteiger partial charge in [-0.05, 0) is 48.5 Å². The molecule has 0 saturated carbocycles. The molecule has 1 aromatic heterocycles. The minimum atomic E-state index is -3.54. The summed E-state index contributed by atoms with van der Waals surface area (Å²) in [5.74, 6) is 0. The molecule has 9 heteroatoms. The van der Waals surface area contributed by atoms with E-state index in [4.69, 9.17) is 4.74 Å². The van der Waals surface area contributed by atoms with Crippen LogP contribution in [0, 0.1) is 0 Å². The zero-order valence-electron chi connectivity index (χ0n) is 12.3. The average molecular weight is 323 g/mol. The summed E-state index contributed by atoms with van der Waals surface area (Å²) in [5, 5.41) is 10.9. The number of sulfonamides is 1. The maximum absolute atomic E-state index is 12.8. The first-order valence-electron chi connectivity index (χ1n) is 6.95. The lowest BCUT2D eigenvalue weighted by Gasteiger charge is -2.35. The Kier molecular flexibility index (Phi) is 3.94. The van der Waals surface area contributed by atoms with Crippen molar-refractivity contribution in [2.45, 2.75) is 30.9 Å². The molecule has 0 N–H and O–H groups in total. The van der Waals surface area contributed by atoms with Crippen LogP contribution in [0.15, 0.2) is 35.5 Å². The number of nitrogens with zero attached hydrogens (tertiary/aromatic N) is 5. The molecule has 1 aliphatic rings. The van der Waals surface area contributed by atoms with Crippen molar-refractivity contribution in [1.82, 2.24) is 24.5 Å². The van der Waals surface area contributed by atoms with Crippen molar-refractivity contribution < 1.29 is 13.2 Å². The third-order valence-corrected chi connectivity index (χ3v) is 5.60. The Morgan fingerprint density at radius 3 is 2.59 bits per heavy atom. The van der Waals surface area contributed by atoms with Gasteiger partial charge in [0.25, 0.3) is 0 Å². The van der Waals surface area contributed by atoms with E-state index in [0.29, 0.717) is 18.8 Å². The van der Waals surface area contributed by atoms with Crippen molar-refractivity contribution in [2.75, 3.05) is 13.2 Å². The van der Waals surface area contributed by atoms with Gasteiger partial charge in [-0.1, -0.05) is 0 Å². The summed E-state index contributed by atoms with van der Waals surface area (Å²) < 4.78 is 34.0. The predicted molar refractivity (Wildman–Crippen MR) is 77.9 cm³/mol. The Labute approximate surface area is 128 Å². The second-order valence-electron chi connectivity index (χ2n) is 5.32. The number of ether oxygens (including phenoxy) is 1. The van der Waals surface area contributed by atoms with Crippen LogP contribution < -0.4 is 0 Å². The smallest absolute Gasteiger partial charge is 0.243 e. The van der Waals surface area contributed by atoms with Crippen LogP contribution in [0.2, 0.25) is 0 Å². The van der Waals surface area contributed by atoms with Crippen molar-refractivity contribution >= 4 is 10.0 Å². The molecule has 8 nitrogen and oxygen atoms in total. The molecule has 1 aromatic carbocycles. The second-order valence-corrected chi connectivity index (χ2v) is 7.21. The number of tetrazole rings is 1. The van der Waals surface area contributed by atoms with E-state index in [1.54, 1.807) is 24.3 Å². The van der Waals surface area contributed by atoms with Gasteiger partial charge >= 0.3 is 0 Å². The second kappa shape index (κ2) is 5.75. The van der Waals surface area contributed by atoms with Crippen LogP contribution in [-0.2, 0) is 14.8 Å². The van der Waals surface area contributed by atoms with E-state index in [0.717, 1.165) is 0 Å². The molecule has 0 spiro atoms. The van der Waals surface area contributed by atoms with Gasteiger partial charge in [0.1, 0.15) is 6.33 Å². The van der Waals surface area contributed by atoms with Crippen LogP contribution in [0.25, 0.3) is 5.69 Å². The molecule has 118 valence electrons. The lowest BCUT2D eigenvalue weighted by Crippen LogP contribution is -2.50. The largest absolute Gasteiger partial charge is 0.375 e. The van der Waals surface area contributed by atoms with Crippen molar-refractivity contribution in [2.24, 2.45) is 0 Å². The van der Waals surface area contributed by atoms with Crippen LogP contribution >= 0.6 is 0 Å². The summed E-state index contributed by atoms with van der Waals surface area (Å²) in [6.07, 6.45) is 1.35. The highest BCUT2D eigenvalue weighted by Gasteiger charge is 2.34. The molecule has 2 atom stereocenters. The molecule has 2 unspecified atom stereocenters. The number of aromatic nitrogens is 4. The normalized spacial score (nSPS) is 23.5. The Balaban J connectivity index is 1.89. The van der Waals surface area contributed by atoms with Gasteiger partial charge in [0.05, 0.1) is 23.3 Å². The van der Waals surface area contributed by atoms with E-state index in [1.807, 2.05) is 13.8 Å². The van der Waals surface area contributed by atoms with Crippen LogP contribution in [0.1, 0.15) is 13.8 Å². The molecule has 3 rings (SSSR count). The number of benzene rings is 1. The van der Waals surface area contributed by atoms with Gasteiger partial charge in [0.2, 0.25) is 10.0 Å². The van der Waals surface area contributed by atoms with Crippen molar-refractivity contribution in [1.29, 1.82) is 0 Å². The fourth-order valence-electron chi connectivity index (χ4n) is 2.39. The highest BCUT2D eigenvalue weighted by molar-refractivity contribution is 7.89. The summed E-state index contributed by atoms with van der Waals surface area (Å²) >= 11 is 0. The van der Waals surface area contributed by atoms with Gasteiger partial charge in [-0.25, -0.2) is 13.1 Å². The van der Waals surface area contributed by atoms with Crippen LogP contribution in [0.4, 0.5) is 0 Å². The molecule has 1 fully saturated rings. The lowest BCUT2D eigenvalue weighted by molar-refractivity contribution is -0.0170. The molecule has 22 heavy (non-hydrogen) atoms. The van der Waals surface area contributed by atoms with E-state index >= 15 is 0 Å². The monoisotopic (exact) mass is 323 g/mol. The Morgan fingerprint density at radius 1 is 1.23 bits per heavy atom. The summed E-state index contributed by atoms with van der Waals surface area (Å²) in [7, 11) is -3.54. The maximum Gasteiger partial charge on any atom is 0.243 e. The highest BCUT2D eigenvalue weighted by atomic mass is 32.2. The first-order valence-corrected chi connectivity index (χ1v) is 8.39. The van der Waals surface area contributed by atoms with Gasteiger partial charge in [-0.15, -0.1) is 5.10 Å². The molecular formula is C13H17N5O3S. The first-order chi connectivity index (χ1) is 10.5. The minimum absolute atomic E-state index is 0.105. The number of hydrogen-bond acceptors (Lipinski definition) is 6. The van der Waals surface area contributed by atoms with Gasteiger partial charge in [-0.3, -0.25) is 0 Å². The Hall–Kier alpha value is -1.84. The number of morpholine rings is 1. The molecular weight excluding hydrogens is 306 g/mol. The Bertz CT molecular complexity index is 730. The van der Waals surface area contributed by atoms with Crippen molar-refractivity contribution in [3.8, 4) is 5.69 Å². The Morgan fingerprint density at radius 2 is 1.95 bits per heavy atom. The first kappa shape index (κ1) is 15.1. The molecule has 1 aliphatic heterocycles. The molecule has 0 amide bonds. The van der Waals surface area contributed by atoms with E-state index in [1.165, 1.54) is 15.3 Å². The molecule has 1 saturated heterocycles. The van der Waals surface area contributed by atoms with Gasteiger partial charge in [-0.2, -0.15) is 4.31 Å². The fourth-order valence-corrected chi connectivity index (χ4v) is 4.09. The number of hydrogen-bond donors (Lipinski definition) is 0. The minimum Gasteiger partial charge on any atom is -0.375 e. The third-order valence-electron chi connectivity index (χ3n) is 3.61. The van der Waals surface area contributed by atoms with Crippen LogP contribution in [-0.4, -0.2) is 58.2 Å². The van der Waals surface area contributed by atoms with Gasteiger partial charge in [0, 0.05) is 12.6 Å². The molecule has 0 aliphatic carbocycles. The SMILES string of the molecule is CC1CN(S(=O)(=O)c2ccc(-n3cnnn3)cc2)C(C)CO1. The number of rotatable bonds is 3. The van der Waals surface area contributed by atoms with E-state index < -0.39 is 10.0 Å².